The van der Waals surface area contributed by atoms with Crippen molar-refractivity contribution in [3.63, 3.8) is 0 Å². The first-order valence-electron chi connectivity index (χ1n) is 9.18. The van der Waals surface area contributed by atoms with Crippen LogP contribution in [0.3, 0.4) is 0 Å². The summed E-state index contributed by atoms with van der Waals surface area (Å²) < 4.78 is 14.0. The first-order valence-corrected chi connectivity index (χ1v) is 9.56. The average molecular weight is 403 g/mol. The van der Waals surface area contributed by atoms with Crippen LogP contribution in [0.4, 0.5) is 10.1 Å². The van der Waals surface area contributed by atoms with E-state index in [9.17, 15) is 19.1 Å². The molecule has 28 heavy (non-hydrogen) atoms. The largest absolute Gasteiger partial charge is 0.393 e. The molecule has 1 heterocycles. The zero-order chi connectivity index (χ0) is 20.0. The fourth-order valence-electron chi connectivity index (χ4n) is 4.01. The van der Waals surface area contributed by atoms with Gasteiger partial charge in [0.25, 0.3) is 11.8 Å². The van der Waals surface area contributed by atoms with Crippen LogP contribution in [-0.2, 0) is 0 Å². The molecule has 2 aromatic rings. The van der Waals surface area contributed by atoms with Gasteiger partial charge in [-0.3, -0.25) is 9.59 Å². The zero-order valence-electron chi connectivity index (χ0n) is 15.3. The fraction of sp³-hybridized carbons (Fsp3) is 0.333. The van der Waals surface area contributed by atoms with Gasteiger partial charge < -0.3 is 15.3 Å². The van der Waals surface area contributed by atoms with Crippen molar-refractivity contribution in [1.29, 1.82) is 0 Å². The highest BCUT2D eigenvalue weighted by atomic mass is 35.5. The van der Waals surface area contributed by atoms with E-state index in [2.05, 4.69) is 5.32 Å². The minimum Gasteiger partial charge on any atom is -0.393 e. The van der Waals surface area contributed by atoms with Crippen LogP contribution in [0.25, 0.3) is 0 Å². The highest BCUT2D eigenvalue weighted by Gasteiger charge is 2.47. The molecule has 3 atom stereocenters. The number of fused-ring (bicyclic) bond motifs is 1. The molecule has 5 nitrogen and oxygen atoms in total. The molecule has 2 fully saturated rings. The molecular weight excluding hydrogens is 383 g/mol. The molecule has 1 aliphatic heterocycles. The number of halogens is 2. The molecule has 2 aliphatic rings. The van der Waals surface area contributed by atoms with E-state index in [1.165, 1.54) is 18.2 Å². The van der Waals surface area contributed by atoms with Crippen molar-refractivity contribution in [3.8, 4) is 0 Å². The van der Waals surface area contributed by atoms with Crippen LogP contribution in [0.15, 0.2) is 36.4 Å². The molecule has 0 aromatic heterocycles. The Kier molecular flexibility index (Phi) is 4.85. The SMILES string of the molecule is Cc1ccc(C(=O)N2C[C@@H]3C[C@@H](O)[C@@H]3C2)cc1NC(=O)c1c(F)cccc1Cl. The molecule has 146 valence electrons. The van der Waals surface area contributed by atoms with E-state index < -0.39 is 11.7 Å². The second-order valence-electron chi connectivity index (χ2n) is 7.52. The monoisotopic (exact) mass is 402 g/mol. The van der Waals surface area contributed by atoms with Crippen LogP contribution >= 0.6 is 11.6 Å². The second kappa shape index (κ2) is 7.18. The number of likely N-dealkylation sites (tertiary alicyclic amines) is 1. The van der Waals surface area contributed by atoms with Gasteiger partial charge in [-0.15, -0.1) is 0 Å². The van der Waals surface area contributed by atoms with Crippen LogP contribution in [0.1, 0.15) is 32.7 Å². The van der Waals surface area contributed by atoms with Crippen LogP contribution in [-0.4, -0.2) is 41.0 Å². The van der Waals surface area contributed by atoms with Gasteiger partial charge in [0.1, 0.15) is 5.82 Å². The number of aliphatic hydroxyl groups excluding tert-OH is 1. The van der Waals surface area contributed by atoms with Crippen LogP contribution in [0.5, 0.6) is 0 Å². The highest BCUT2D eigenvalue weighted by molar-refractivity contribution is 6.34. The van der Waals surface area contributed by atoms with Crippen molar-refractivity contribution in [2.45, 2.75) is 19.4 Å². The lowest BCUT2D eigenvalue weighted by molar-refractivity contribution is -0.00427. The van der Waals surface area contributed by atoms with Crippen molar-refractivity contribution in [1.82, 2.24) is 4.90 Å². The number of benzene rings is 2. The van der Waals surface area contributed by atoms with Crippen molar-refractivity contribution < 1.29 is 19.1 Å². The van der Waals surface area contributed by atoms with E-state index in [1.807, 2.05) is 0 Å². The molecule has 1 saturated carbocycles. The number of hydrogen-bond donors (Lipinski definition) is 2. The summed E-state index contributed by atoms with van der Waals surface area (Å²) in [5.74, 6) is -0.983. The highest BCUT2D eigenvalue weighted by Crippen LogP contribution is 2.41. The number of carbonyl (C=O) groups is 2. The van der Waals surface area contributed by atoms with Crippen molar-refractivity contribution in [2.24, 2.45) is 11.8 Å². The lowest BCUT2D eigenvalue weighted by atomic mass is 9.74. The number of aryl methyl sites for hydroxylation is 1. The first-order chi connectivity index (χ1) is 13.3. The lowest BCUT2D eigenvalue weighted by Gasteiger charge is -2.34. The molecule has 4 rings (SSSR count). The number of rotatable bonds is 3. The molecule has 0 spiro atoms. The van der Waals surface area contributed by atoms with E-state index >= 15 is 0 Å². The van der Waals surface area contributed by atoms with Crippen molar-refractivity contribution >= 4 is 29.1 Å². The topological polar surface area (TPSA) is 69.6 Å². The van der Waals surface area contributed by atoms with E-state index in [-0.39, 0.29) is 28.5 Å². The summed E-state index contributed by atoms with van der Waals surface area (Å²) in [6.07, 6.45) is 0.425. The predicted molar refractivity (Wildman–Crippen MR) is 104 cm³/mol. The van der Waals surface area contributed by atoms with E-state index in [0.717, 1.165) is 12.0 Å². The number of nitrogens with one attached hydrogen (secondary N) is 1. The maximum absolute atomic E-state index is 14.0. The molecular formula is C21H20ClFN2O3. The minimum atomic E-state index is -0.707. The molecule has 1 saturated heterocycles. The molecule has 0 radical (unpaired) electrons. The van der Waals surface area contributed by atoms with E-state index in [0.29, 0.717) is 30.3 Å². The molecule has 0 bridgehead atoms. The maximum atomic E-state index is 14.0. The average Bonchev–Trinajstić information content (AvgIpc) is 3.00. The molecule has 0 unspecified atom stereocenters. The predicted octanol–water partition coefficient (Wildman–Crippen LogP) is 3.49. The summed E-state index contributed by atoms with van der Waals surface area (Å²) in [5, 5.41) is 12.5. The first kappa shape index (κ1) is 18.9. The molecule has 2 N–H and O–H groups in total. The van der Waals surface area contributed by atoms with E-state index in [1.54, 1.807) is 30.0 Å². The van der Waals surface area contributed by atoms with Gasteiger partial charge in [0.05, 0.1) is 16.7 Å². The van der Waals surface area contributed by atoms with Crippen molar-refractivity contribution in [2.75, 3.05) is 18.4 Å². The maximum Gasteiger partial charge on any atom is 0.260 e. The smallest absolute Gasteiger partial charge is 0.260 e. The summed E-state index contributed by atoms with van der Waals surface area (Å²) in [4.78, 5) is 27.1. The molecule has 2 amide bonds. The number of aliphatic hydroxyl groups is 1. The normalized spacial score (nSPS) is 23.1. The Morgan fingerprint density at radius 1 is 1.25 bits per heavy atom. The van der Waals surface area contributed by atoms with Gasteiger partial charge in [0, 0.05) is 30.3 Å². The lowest BCUT2D eigenvalue weighted by Crippen LogP contribution is -2.39. The minimum absolute atomic E-state index is 0.0217. The van der Waals surface area contributed by atoms with Gasteiger partial charge >= 0.3 is 0 Å². The van der Waals surface area contributed by atoms with Crippen molar-refractivity contribution in [3.05, 3.63) is 63.9 Å². The van der Waals surface area contributed by atoms with Gasteiger partial charge in [-0.1, -0.05) is 23.7 Å². The van der Waals surface area contributed by atoms with Crippen LogP contribution in [0, 0.1) is 24.6 Å². The summed E-state index contributed by atoms with van der Waals surface area (Å²) in [6, 6.07) is 9.09. The third kappa shape index (κ3) is 3.27. The number of carbonyl (C=O) groups excluding carboxylic acids is 2. The summed E-state index contributed by atoms with van der Waals surface area (Å²) in [6.45, 7) is 2.98. The molecule has 2 aromatic carbocycles. The number of hydrogen-bond acceptors (Lipinski definition) is 3. The number of nitrogens with zero attached hydrogens (tertiary/aromatic N) is 1. The number of anilines is 1. The quantitative estimate of drug-likeness (QED) is 0.825. The Morgan fingerprint density at radius 3 is 2.71 bits per heavy atom. The van der Waals surface area contributed by atoms with Crippen LogP contribution < -0.4 is 5.32 Å². The third-order valence-corrected chi connectivity index (χ3v) is 6.05. The van der Waals surface area contributed by atoms with Gasteiger partial charge in [-0.25, -0.2) is 4.39 Å². The van der Waals surface area contributed by atoms with Gasteiger partial charge in [0.15, 0.2) is 0 Å². The Balaban J connectivity index is 1.54. The molecule has 7 heteroatoms. The standard InChI is InChI=1S/C21H20ClFN2O3/c1-11-5-6-12(21(28)25-9-13-8-18(26)14(13)10-25)7-17(11)24-20(27)19-15(22)3-2-4-16(19)23/h2-7,13-14,18,26H,8-10H2,1H3,(H,24,27)/t13-,14+,18+/m0/s1. The fourth-order valence-corrected chi connectivity index (χ4v) is 4.26. The van der Waals surface area contributed by atoms with Gasteiger partial charge in [0.2, 0.25) is 0 Å². The Morgan fingerprint density at radius 2 is 2.04 bits per heavy atom. The second-order valence-corrected chi connectivity index (χ2v) is 7.92. The Bertz CT molecular complexity index is 944. The summed E-state index contributed by atoms with van der Waals surface area (Å²) in [5.41, 5.74) is 1.38. The van der Waals surface area contributed by atoms with Gasteiger partial charge in [-0.05, 0) is 49.1 Å². The zero-order valence-corrected chi connectivity index (χ0v) is 16.0. The summed E-state index contributed by atoms with van der Waals surface area (Å²) in [7, 11) is 0. The van der Waals surface area contributed by atoms with E-state index in [4.69, 9.17) is 11.6 Å². The van der Waals surface area contributed by atoms with Gasteiger partial charge in [-0.2, -0.15) is 0 Å². The Labute approximate surface area is 167 Å². The number of amides is 2. The van der Waals surface area contributed by atoms with Crippen LogP contribution in [0.2, 0.25) is 5.02 Å². The summed E-state index contributed by atoms with van der Waals surface area (Å²) >= 11 is 5.96. The third-order valence-electron chi connectivity index (χ3n) is 5.74. The Hall–Kier alpha value is -2.44. The molecule has 1 aliphatic carbocycles.